The van der Waals surface area contributed by atoms with Gasteiger partial charge in [-0.1, -0.05) is 42.5 Å². The number of piperidine rings is 1. The van der Waals surface area contributed by atoms with Crippen LogP contribution in [0.25, 0.3) is 0 Å². The molecule has 2 saturated heterocycles. The lowest BCUT2D eigenvalue weighted by Gasteiger charge is -2.34. The molecule has 174 valence electrons. The Labute approximate surface area is 195 Å². The summed E-state index contributed by atoms with van der Waals surface area (Å²) in [5.41, 5.74) is 1.37. The molecule has 6 nitrogen and oxygen atoms in total. The van der Waals surface area contributed by atoms with E-state index in [1.807, 2.05) is 59.5 Å². The van der Waals surface area contributed by atoms with Crippen LogP contribution in [0.1, 0.15) is 54.4 Å². The molecule has 0 spiro atoms. The normalized spacial score (nSPS) is 22.6. The van der Waals surface area contributed by atoms with Crippen LogP contribution in [0.15, 0.2) is 54.6 Å². The zero-order valence-electron chi connectivity index (χ0n) is 19.2. The molecule has 0 aromatic heterocycles. The Kier molecular flexibility index (Phi) is 7.11. The monoisotopic (exact) mass is 448 g/mol. The summed E-state index contributed by atoms with van der Waals surface area (Å²) in [6, 6.07) is 17.2. The van der Waals surface area contributed by atoms with Crippen LogP contribution in [0.4, 0.5) is 0 Å². The molecule has 2 aliphatic rings. The zero-order valence-corrected chi connectivity index (χ0v) is 19.2. The quantitative estimate of drug-likeness (QED) is 0.624. The molecule has 2 heterocycles. The zero-order chi connectivity index (χ0) is 23.3. The molecule has 4 rings (SSSR count). The van der Waals surface area contributed by atoms with Crippen LogP contribution in [-0.4, -0.2) is 48.2 Å². The maximum absolute atomic E-state index is 13.1. The van der Waals surface area contributed by atoms with E-state index in [0.29, 0.717) is 50.8 Å². The molecule has 33 heavy (non-hydrogen) atoms. The van der Waals surface area contributed by atoms with E-state index in [0.717, 1.165) is 24.2 Å². The highest BCUT2D eigenvalue weighted by Gasteiger charge is 2.39. The molecule has 2 aromatic carbocycles. The summed E-state index contributed by atoms with van der Waals surface area (Å²) in [6.45, 7) is 1.16. The molecular formula is C27H32N2O4. The summed E-state index contributed by atoms with van der Waals surface area (Å²) in [4.78, 5) is 39.9. The number of benzene rings is 2. The Morgan fingerprint density at radius 3 is 2.70 bits per heavy atom. The van der Waals surface area contributed by atoms with Crippen molar-refractivity contribution in [2.75, 3.05) is 20.2 Å². The maximum atomic E-state index is 13.1. The van der Waals surface area contributed by atoms with Crippen molar-refractivity contribution in [3.63, 3.8) is 0 Å². The Morgan fingerprint density at radius 2 is 1.97 bits per heavy atom. The van der Waals surface area contributed by atoms with Crippen LogP contribution < -0.4 is 10.1 Å². The molecule has 2 aliphatic heterocycles. The smallest absolute Gasteiger partial charge is 0.222 e. The van der Waals surface area contributed by atoms with Crippen molar-refractivity contribution in [1.29, 1.82) is 0 Å². The van der Waals surface area contributed by atoms with Gasteiger partial charge in [0.05, 0.1) is 7.11 Å². The Hall–Kier alpha value is -3.15. The topological polar surface area (TPSA) is 75.7 Å². The molecule has 1 N–H and O–H groups in total. The van der Waals surface area contributed by atoms with Gasteiger partial charge in [-0.3, -0.25) is 14.4 Å². The SMILES string of the molecule is COc1cccc(C[C@@]2(CCC(=O)N3CCC[C@H](C(=O)c4ccccc4)C3)CCC(=O)N2)c1. The summed E-state index contributed by atoms with van der Waals surface area (Å²) >= 11 is 0. The Bertz CT molecular complexity index is 1010. The van der Waals surface area contributed by atoms with Crippen LogP contribution >= 0.6 is 0 Å². The van der Waals surface area contributed by atoms with Gasteiger partial charge in [-0.2, -0.15) is 0 Å². The Morgan fingerprint density at radius 1 is 1.15 bits per heavy atom. The van der Waals surface area contributed by atoms with Gasteiger partial charge >= 0.3 is 0 Å². The summed E-state index contributed by atoms with van der Waals surface area (Å²) in [5.74, 6) is 0.849. The average molecular weight is 449 g/mol. The average Bonchev–Trinajstić information content (AvgIpc) is 3.23. The molecule has 2 atom stereocenters. The largest absolute Gasteiger partial charge is 0.497 e. The fourth-order valence-electron chi connectivity index (χ4n) is 5.12. The highest BCUT2D eigenvalue weighted by atomic mass is 16.5. The molecule has 0 aliphatic carbocycles. The van der Waals surface area contributed by atoms with Gasteiger partial charge in [-0.05, 0) is 49.8 Å². The highest BCUT2D eigenvalue weighted by Crippen LogP contribution is 2.31. The van der Waals surface area contributed by atoms with E-state index in [2.05, 4.69) is 5.32 Å². The third kappa shape index (κ3) is 5.62. The maximum Gasteiger partial charge on any atom is 0.222 e. The number of ether oxygens (including phenoxy) is 1. The minimum absolute atomic E-state index is 0.0387. The number of carbonyl (C=O) groups excluding carboxylic acids is 3. The van der Waals surface area contributed by atoms with E-state index in [-0.39, 0.29) is 23.5 Å². The lowest BCUT2D eigenvalue weighted by atomic mass is 9.84. The molecular weight excluding hydrogens is 416 g/mol. The van der Waals surface area contributed by atoms with Gasteiger partial charge in [-0.25, -0.2) is 0 Å². The van der Waals surface area contributed by atoms with E-state index in [1.165, 1.54) is 0 Å². The molecule has 0 unspecified atom stereocenters. The van der Waals surface area contributed by atoms with Crippen molar-refractivity contribution < 1.29 is 19.1 Å². The molecule has 2 amide bonds. The van der Waals surface area contributed by atoms with Crippen molar-refractivity contribution >= 4 is 17.6 Å². The van der Waals surface area contributed by atoms with Crippen LogP contribution in [0.3, 0.4) is 0 Å². The molecule has 2 aromatic rings. The number of ketones is 1. The minimum atomic E-state index is -0.422. The van der Waals surface area contributed by atoms with Crippen molar-refractivity contribution in [3.05, 3.63) is 65.7 Å². The second kappa shape index (κ2) is 10.2. The van der Waals surface area contributed by atoms with E-state index in [9.17, 15) is 14.4 Å². The van der Waals surface area contributed by atoms with Crippen LogP contribution in [0.2, 0.25) is 0 Å². The van der Waals surface area contributed by atoms with Crippen LogP contribution in [-0.2, 0) is 16.0 Å². The first-order valence-electron chi connectivity index (χ1n) is 11.8. The van der Waals surface area contributed by atoms with Crippen molar-refractivity contribution in [3.8, 4) is 5.75 Å². The predicted octanol–water partition coefficient (Wildman–Crippen LogP) is 3.79. The minimum Gasteiger partial charge on any atom is -0.497 e. The molecule has 0 radical (unpaired) electrons. The molecule has 6 heteroatoms. The lowest BCUT2D eigenvalue weighted by molar-refractivity contribution is -0.133. The first-order valence-corrected chi connectivity index (χ1v) is 11.8. The van der Waals surface area contributed by atoms with Crippen LogP contribution in [0, 0.1) is 5.92 Å². The van der Waals surface area contributed by atoms with Crippen molar-refractivity contribution in [1.82, 2.24) is 10.2 Å². The number of carbonyl (C=O) groups is 3. The summed E-state index contributed by atoms with van der Waals surface area (Å²) in [5, 5.41) is 3.16. The summed E-state index contributed by atoms with van der Waals surface area (Å²) < 4.78 is 5.34. The van der Waals surface area contributed by atoms with Gasteiger partial charge in [0.2, 0.25) is 11.8 Å². The summed E-state index contributed by atoms with van der Waals surface area (Å²) in [7, 11) is 1.64. The molecule has 2 fully saturated rings. The Balaban J connectivity index is 1.39. The number of methoxy groups -OCH3 is 1. The standard InChI is InChI=1S/C27H32N2O4/c1-33-23-11-5-7-20(17-23)18-27(14-12-24(30)28-27)15-13-25(31)29-16-6-10-22(19-29)26(32)21-8-3-2-4-9-21/h2-5,7-9,11,17,22H,6,10,12-16,18-19H2,1H3,(H,28,30)/t22-,27-/m0/s1. The second-order valence-electron chi connectivity index (χ2n) is 9.27. The van der Waals surface area contributed by atoms with E-state index in [1.54, 1.807) is 7.11 Å². The lowest BCUT2D eigenvalue weighted by Crippen LogP contribution is -2.46. The number of amides is 2. The fourth-order valence-corrected chi connectivity index (χ4v) is 5.12. The fraction of sp³-hybridized carbons (Fsp3) is 0.444. The molecule has 0 bridgehead atoms. The van der Waals surface area contributed by atoms with Gasteiger partial charge < -0.3 is 15.0 Å². The number of Topliss-reactive ketones (excluding diaryl/α,β-unsaturated/α-hetero) is 1. The third-order valence-electron chi connectivity index (χ3n) is 6.93. The van der Waals surface area contributed by atoms with Gasteiger partial charge in [0.1, 0.15) is 5.75 Å². The first kappa shape index (κ1) is 23.0. The van der Waals surface area contributed by atoms with Gasteiger partial charge in [0, 0.05) is 43.0 Å². The number of likely N-dealkylation sites (tertiary alicyclic amines) is 1. The third-order valence-corrected chi connectivity index (χ3v) is 6.93. The number of nitrogens with one attached hydrogen (secondary N) is 1. The molecule has 0 saturated carbocycles. The number of rotatable bonds is 8. The number of hydrogen-bond acceptors (Lipinski definition) is 4. The van der Waals surface area contributed by atoms with Crippen molar-refractivity contribution in [2.45, 2.75) is 50.5 Å². The van der Waals surface area contributed by atoms with Gasteiger partial charge in [0.15, 0.2) is 5.78 Å². The van der Waals surface area contributed by atoms with E-state index < -0.39 is 5.54 Å². The van der Waals surface area contributed by atoms with Crippen LogP contribution in [0.5, 0.6) is 5.75 Å². The van der Waals surface area contributed by atoms with E-state index >= 15 is 0 Å². The van der Waals surface area contributed by atoms with Gasteiger partial charge in [-0.15, -0.1) is 0 Å². The van der Waals surface area contributed by atoms with E-state index in [4.69, 9.17) is 4.74 Å². The first-order chi connectivity index (χ1) is 16.0. The number of nitrogens with zero attached hydrogens (tertiary/aromatic N) is 1. The van der Waals surface area contributed by atoms with Crippen molar-refractivity contribution in [2.24, 2.45) is 5.92 Å². The summed E-state index contributed by atoms with van der Waals surface area (Å²) in [6.07, 6.45) is 4.45. The highest BCUT2D eigenvalue weighted by molar-refractivity contribution is 5.98. The predicted molar refractivity (Wildman–Crippen MR) is 126 cm³/mol. The second-order valence-corrected chi connectivity index (χ2v) is 9.27. The number of hydrogen-bond donors (Lipinski definition) is 1. The van der Waals surface area contributed by atoms with Gasteiger partial charge in [0.25, 0.3) is 0 Å².